The number of fused-ring (bicyclic) bond motifs is 1. The summed E-state index contributed by atoms with van der Waals surface area (Å²) in [6.07, 6.45) is 6.26. The number of allylic oxidation sites excluding steroid dienone is 1. The van der Waals surface area contributed by atoms with E-state index in [1.54, 1.807) is 12.4 Å². The number of anilines is 1. The third-order valence-electron chi connectivity index (χ3n) is 5.16. The van der Waals surface area contributed by atoms with Gasteiger partial charge < -0.3 is 20.9 Å². The minimum atomic E-state index is -0.280. The molecule has 0 atom stereocenters. The zero-order valence-electron chi connectivity index (χ0n) is 20.0. The van der Waals surface area contributed by atoms with Crippen LogP contribution in [-0.4, -0.2) is 65.6 Å². The number of pyridine rings is 1. The maximum absolute atomic E-state index is 13.0. The van der Waals surface area contributed by atoms with Crippen LogP contribution in [0.3, 0.4) is 0 Å². The molecule has 33 heavy (non-hydrogen) atoms. The lowest BCUT2D eigenvalue weighted by atomic mass is 9.98. The van der Waals surface area contributed by atoms with Crippen molar-refractivity contribution in [2.45, 2.75) is 19.9 Å². The second-order valence-electron chi connectivity index (χ2n) is 8.57. The first-order valence-electron chi connectivity index (χ1n) is 11.0. The van der Waals surface area contributed by atoms with Crippen LogP contribution in [0.4, 0.5) is 5.69 Å². The topological polar surface area (TPSA) is 103 Å². The number of H-pyrrole nitrogens is 1. The normalized spacial score (nSPS) is 12.7. The van der Waals surface area contributed by atoms with Crippen LogP contribution in [0.2, 0.25) is 0 Å². The van der Waals surface area contributed by atoms with Crippen LogP contribution in [0.15, 0.2) is 54.4 Å². The first-order valence-corrected chi connectivity index (χ1v) is 11.0. The Morgan fingerprint density at radius 1 is 1.15 bits per heavy atom. The maximum Gasteiger partial charge on any atom is 0.276 e. The molecule has 3 rings (SSSR count). The first kappa shape index (κ1) is 24.2. The highest BCUT2D eigenvalue weighted by Crippen LogP contribution is 2.26. The van der Waals surface area contributed by atoms with Crippen molar-refractivity contribution >= 4 is 28.1 Å². The number of hydrogen-bond acceptors (Lipinski definition) is 6. The molecule has 2 heterocycles. The average molecular weight is 448 g/mol. The van der Waals surface area contributed by atoms with Gasteiger partial charge in [0, 0.05) is 18.5 Å². The lowest BCUT2D eigenvalue weighted by Crippen LogP contribution is -2.15. The molecule has 0 spiro atoms. The third-order valence-corrected chi connectivity index (χ3v) is 5.16. The van der Waals surface area contributed by atoms with E-state index in [0.29, 0.717) is 11.4 Å². The van der Waals surface area contributed by atoms with Gasteiger partial charge in [-0.3, -0.25) is 14.9 Å². The number of aromatic nitrogens is 3. The number of nitrogens with two attached hydrogens (primary N) is 1. The highest BCUT2D eigenvalue weighted by atomic mass is 16.1. The zero-order valence-corrected chi connectivity index (χ0v) is 20.0. The third kappa shape index (κ3) is 6.27. The van der Waals surface area contributed by atoms with Gasteiger partial charge in [-0.15, -0.1) is 0 Å². The van der Waals surface area contributed by atoms with E-state index in [1.807, 2.05) is 63.4 Å². The van der Waals surface area contributed by atoms with Crippen molar-refractivity contribution in [1.82, 2.24) is 25.0 Å². The Hall–Kier alpha value is -3.49. The summed E-state index contributed by atoms with van der Waals surface area (Å²) < 4.78 is 0. The van der Waals surface area contributed by atoms with E-state index in [2.05, 4.69) is 38.4 Å². The van der Waals surface area contributed by atoms with Gasteiger partial charge in [-0.05, 0) is 81.8 Å². The molecule has 0 saturated carbocycles. The van der Waals surface area contributed by atoms with E-state index in [-0.39, 0.29) is 5.91 Å². The Morgan fingerprint density at radius 2 is 1.94 bits per heavy atom. The molecule has 1 amide bonds. The number of aromatic amines is 1. The molecule has 174 valence electrons. The number of hydrogen-bond donors (Lipinski definition) is 3. The average Bonchev–Trinajstić information content (AvgIpc) is 3.20. The summed E-state index contributed by atoms with van der Waals surface area (Å²) >= 11 is 0. The predicted molar refractivity (Wildman–Crippen MR) is 135 cm³/mol. The standard InChI is InChI=1S/C25H33N7O/c1-6-18(11-17(13-26)15-31(2)3)19-7-10-23-22(12-19)24(30-29-23)25(33)28-20-8-9-21(27-14-20)16-32(4)5/h7-14H,6,15-16,26H2,1-5H3,(H,28,33)(H,29,30)/b17-13+,18-11+. The number of nitrogens with zero attached hydrogens (tertiary/aromatic N) is 4. The molecule has 0 aliphatic carbocycles. The molecule has 0 bridgehead atoms. The number of amides is 1. The summed E-state index contributed by atoms with van der Waals surface area (Å²) in [5.74, 6) is -0.280. The summed E-state index contributed by atoms with van der Waals surface area (Å²) in [5.41, 5.74) is 11.8. The monoisotopic (exact) mass is 447 g/mol. The molecule has 8 nitrogen and oxygen atoms in total. The zero-order chi connectivity index (χ0) is 24.0. The van der Waals surface area contributed by atoms with Crippen molar-refractivity contribution in [2.24, 2.45) is 5.73 Å². The minimum absolute atomic E-state index is 0.280. The number of nitrogens with one attached hydrogen (secondary N) is 2. The molecule has 3 aromatic rings. The van der Waals surface area contributed by atoms with Gasteiger partial charge in [-0.1, -0.05) is 19.1 Å². The van der Waals surface area contributed by atoms with E-state index >= 15 is 0 Å². The van der Waals surface area contributed by atoms with Gasteiger partial charge in [0.05, 0.1) is 23.1 Å². The van der Waals surface area contributed by atoms with Crippen molar-refractivity contribution in [3.63, 3.8) is 0 Å². The van der Waals surface area contributed by atoms with Crippen molar-refractivity contribution < 1.29 is 4.79 Å². The van der Waals surface area contributed by atoms with E-state index in [9.17, 15) is 4.79 Å². The molecule has 0 radical (unpaired) electrons. The second-order valence-corrected chi connectivity index (χ2v) is 8.57. The number of carbonyl (C=O) groups is 1. The van der Waals surface area contributed by atoms with E-state index in [4.69, 9.17) is 5.73 Å². The van der Waals surface area contributed by atoms with Gasteiger partial charge in [0.15, 0.2) is 5.69 Å². The Morgan fingerprint density at radius 3 is 2.55 bits per heavy atom. The van der Waals surface area contributed by atoms with Crippen molar-refractivity contribution in [1.29, 1.82) is 0 Å². The van der Waals surface area contributed by atoms with Crippen molar-refractivity contribution in [3.8, 4) is 0 Å². The summed E-state index contributed by atoms with van der Waals surface area (Å²) in [5, 5.41) is 10.9. The Labute approximate surface area is 195 Å². The summed E-state index contributed by atoms with van der Waals surface area (Å²) in [4.78, 5) is 21.5. The summed E-state index contributed by atoms with van der Waals surface area (Å²) in [6, 6.07) is 9.76. The first-order chi connectivity index (χ1) is 15.8. The Bertz CT molecular complexity index is 1160. The van der Waals surface area contributed by atoms with Gasteiger partial charge in [0.1, 0.15) is 0 Å². The highest BCUT2D eigenvalue weighted by molar-refractivity contribution is 6.11. The molecule has 2 aromatic heterocycles. The van der Waals surface area contributed by atoms with Crippen molar-refractivity contribution in [2.75, 3.05) is 40.1 Å². The lowest BCUT2D eigenvalue weighted by Gasteiger charge is -2.12. The molecule has 4 N–H and O–H groups in total. The fourth-order valence-electron chi connectivity index (χ4n) is 3.62. The highest BCUT2D eigenvalue weighted by Gasteiger charge is 2.16. The predicted octanol–water partition coefficient (Wildman–Crippen LogP) is 3.47. The largest absolute Gasteiger partial charge is 0.404 e. The van der Waals surface area contributed by atoms with Gasteiger partial charge in [0.2, 0.25) is 0 Å². The summed E-state index contributed by atoms with van der Waals surface area (Å²) in [7, 11) is 8.00. The molecule has 8 heteroatoms. The van der Waals surface area contributed by atoms with Crippen LogP contribution in [0, 0.1) is 0 Å². The van der Waals surface area contributed by atoms with Crippen LogP contribution < -0.4 is 11.1 Å². The quantitative estimate of drug-likeness (QED) is 0.434. The minimum Gasteiger partial charge on any atom is -0.404 e. The van der Waals surface area contributed by atoms with Gasteiger partial charge >= 0.3 is 0 Å². The maximum atomic E-state index is 13.0. The molecular weight excluding hydrogens is 414 g/mol. The Kier molecular flexibility index (Phi) is 7.97. The molecule has 0 aliphatic heterocycles. The molecule has 0 aliphatic rings. The molecule has 1 aromatic carbocycles. The second kappa shape index (κ2) is 10.9. The van der Waals surface area contributed by atoms with Gasteiger partial charge in [0.25, 0.3) is 5.91 Å². The van der Waals surface area contributed by atoms with Crippen LogP contribution in [0.1, 0.15) is 35.1 Å². The Balaban J connectivity index is 1.86. The molecule has 0 saturated heterocycles. The van der Waals surface area contributed by atoms with Gasteiger partial charge in [-0.25, -0.2) is 0 Å². The lowest BCUT2D eigenvalue weighted by molar-refractivity contribution is 0.102. The number of carbonyl (C=O) groups excluding carboxylic acids is 1. The van der Waals surface area contributed by atoms with E-state index < -0.39 is 0 Å². The fraction of sp³-hybridized carbons (Fsp3) is 0.320. The van der Waals surface area contributed by atoms with Crippen LogP contribution in [-0.2, 0) is 6.54 Å². The molecule has 0 fully saturated rings. The summed E-state index contributed by atoms with van der Waals surface area (Å²) in [6.45, 7) is 3.60. The van der Waals surface area contributed by atoms with Crippen molar-refractivity contribution in [3.05, 3.63) is 71.3 Å². The SMILES string of the molecule is CC/C(=C\C(=C/N)CN(C)C)c1ccc2[nH]nc(C(=O)Nc3ccc(CN(C)C)nc3)c2c1. The van der Waals surface area contributed by atoms with E-state index in [1.165, 1.54) is 0 Å². The van der Waals surface area contributed by atoms with Crippen LogP contribution in [0.25, 0.3) is 16.5 Å². The van der Waals surface area contributed by atoms with Crippen LogP contribution >= 0.6 is 0 Å². The van der Waals surface area contributed by atoms with E-state index in [0.717, 1.165) is 52.8 Å². The van der Waals surface area contributed by atoms with Crippen LogP contribution in [0.5, 0.6) is 0 Å². The van der Waals surface area contributed by atoms with Gasteiger partial charge in [-0.2, -0.15) is 5.10 Å². The molecular formula is C25H33N7O. The number of likely N-dealkylation sites (N-methyl/N-ethyl adjacent to an activating group) is 1. The smallest absolute Gasteiger partial charge is 0.276 e. The fourth-order valence-corrected chi connectivity index (χ4v) is 3.62. The number of benzene rings is 1. The molecule has 0 unspecified atom stereocenters. The number of rotatable bonds is 9.